The third-order valence-electron chi connectivity index (χ3n) is 3.15. The van der Waals surface area contributed by atoms with Crippen molar-refractivity contribution in [3.63, 3.8) is 0 Å². The fourth-order valence-electron chi connectivity index (χ4n) is 2.16. The minimum absolute atomic E-state index is 0.156. The first kappa shape index (κ1) is 16.6. The standard InChI is InChI=1S/C13H9F7O2/c14-4-1-5-22-7-3-2-6(13(18,19)20)8-9(7)10(15)12(16,17)11(8)21/h2-3,10H,1,4-5H2. The molecular formula is C13H9F7O2. The lowest BCUT2D eigenvalue weighted by Crippen LogP contribution is -2.27. The first-order valence-electron chi connectivity index (χ1n) is 6.12. The van der Waals surface area contributed by atoms with Crippen molar-refractivity contribution in [3.05, 3.63) is 28.8 Å². The summed E-state index contributed by atoms with van der Waals surface area (Å²) >= 11 is 0. The molecule has 1 atom stereocenters. The van der Waals surface area contributed by atoms with Crippen molar-refractivity contribution < 1.29 is 40.3 Å². The highest BCUT2D eigenvalue weighted by Crippen LogP contribution is 2.52. The van der Waals surface area contributed by atoms with Crippen molar-refractivity contribution in [2.75, 3.05) is 13.3 Å². The number of alkyl halides is 7. The summed E-state index contributed by atoms with van der Waals surface area (Å²) in [6.07, 6.45) is -8.49. The van der Waals surface area contributed by atoms with Gasteiger partial charge in [0.1, 0.15) is 5.75 Å². The predicted molar refractivity (Wildman–Crippen MR) is 60.7 cm³/mol. The molecule has 0 aliphatic heterocycles. The van der Waals surface area contributed by atoms with Gasteiger partial charge in [0.05, 0.1) is 18.8 Å². The molecule has 122 valence electrons. The number of ketones is 1. The summed E-state index contributed by atoms with van der Waals surface area (Å²) < 4.78 is 96.0. The van der Waals surface area contributed by atoms with Gasteiger partial charge in [0, 0.05) is 17.5 Å². The number of halogens is 7. The number of carbonyl (C=O) groups is 1. The van der Waals surface area contributed by atoms with Gasteiger partial charge in [-0.25, -0.2) is 4.39 Å². The van der Waals surface area contributed by atoms with Gasteiger partial charge in [-0.3, -0.25) is 9.18 Å². The first-order valence-corrected chi connectivity index (χ1v) is 6.12. The van der Waals surface area contributed by atoms with E-state index in [9.17, 15) is 35.5 Å². The fourth-order valence-corrected chi connectivity index (χ4v) is 2.16. The molecule has 0 aromatic heterocycles. The molecule has 1 aliphatic rings. The number of rotatable bonds is 4. The molecule has 2 nitrogen and oxygen atoms in total. The molecule has 0 spiro atoms. The van der Waals surface area contributed by atoms with Gasteiger partial charge in [-0.05, 0) is 12.1 Å². The van der Waals surface area contributed by atoms with Gasteiger partial charge >= 0.3 is 12.1 Å². The van der Waals surface area contributed by atoms with Crippen molar-refractivity contribution in [1.82, 2.24) is 0 Å². The van der Waals surface area contributed by atoms with Crippen molar-refractivity contribution >= 4 is 5.78 Å². The molecule has 0 bridgehead atoms. The van der Waals surface area contributed by atoms with Crippen LogP contribution in [-0.4, -0.2) is 25.0 Å². The molecule has 0 saturated carbocycles. The Balaban J connectivity index is 2.59. The smallest absolute Gasteiger partial charge is 0.417 e. The quantitative estimate of drug-likeness (QED) is 0.608. The summed E-state index contributed by atoms with van der Waals surface area (Å²) in [5.74, 6) is -7.45. The summed E-state index contributed by atoms with van der Waals surface area (Å²) in [5.41, 5.74) is -4.21. The average Bonchev–Trinajstić information content (AvgIpc) is 2.60. The van der Waals surface area contributed by atoms with E-state index in [0.29, 0.717) is 12.1 Å². The lowest BCUT2D eigenvalue weighted by atomic mass is 10.0. The molecular weight excluding hydrogens is 321 g/mol. The molecule has 0 amide bonds. The number of Topliss-reactive ketones (excluding diaryl/α,β-unsaturated/α-hetero) is 1. The molecule has 0 heterocycles. The van der Waals surface area contributed by atoms with Crippen LogP contribution in [0.5, 0.6) is 5.75 Å². The first-order chi connectivity index (χ1) is 10.1. The van der Waals surface area contributed by atoms with E-state index in [0.717, 1.165) is 0 Å². The Kier molecular flexibility index (Phi) is 4.09. The van der Waals surface area contributed by atoms with Gasteiger partial charge in [0.2, 0.25) is 12.0 Å². The zero-order valence-electron chi connectivity index (χ0n) is 10.8. The van der Waals surface area contributed by atoms with E-state index in [2.05, 4.69) is 0 Å². The van der Waals surface area contributed by atoms with E-state index in [-0.39, 0.29) is 13.0 Å². The second-order valence-electron chi connectivity index (χ2n) is 4.60. The van der Waals surface area contributed by atoms with E-state index in [4.69, 9.17) is 4.74 Å². The van der Waals surface area contributed by atoms with Crippen LogP contribution in [0.2, 0.25) is 0 Å². The van der Waals surface area contributed by atoms with Crippen LogP contribution in [0.15, 0.2) is 12.1 Å². The minimum atomic E-state index is -5.10. The van der Waals surface area contributed by atoms with Crippen LogP contribution in [0, 0.1) is 0 Å². The highest BCUT2D eigenvalue weighted by Gasteiger charge is 2.60. The highest BCUT2D eigenvalue weighted by molar-refractivity contribution is 6.08. The van der Waals surface area contributed by atoms with Crippen molar-refractivity contribution in [1.29, 1.82) is 0 Å². The summed E-state index contributed by atoms with van der Waals surface area (Å²) in [6, 6.07) is 1.02. The van der Waals surface area contributed by atoms with Crippen molar-refractivity contribution in [2.45, 2.75) is 24.7 Å². The lowest BCUT2D eigenvalue weighted by molar-refractivity contribution is -0.138. The highest BCUT2D eigenvalue weighted by atomic mass is 19.4. The largest absolute Gasteiger partial charge is 0.493 e. The van der Waals surface area contributed by atoms with E-state index in [1.165, 1.54) is 0 Å². The summed E-state index contributed by atoms with van der Waals surface area (Å²) in [4.78, 5) is 11.5. The van der Waals surface area contributed by atoms with Crippen LogP contribution in [-0.2, 0) is 6.18 Å². The van der Waals surface area contributed by atoms with Gasteiger partial charge in [-0.2, -0.15) is 22.0 Å². The Morgan fingerprint density at radius 3 is 2.41 bits per heavy atom. The lowest BCUT2D eigenvalue weighted by Gasteiger charge is -2.15. The van der Waals surface area contributed by atoms with Crippen LogP contribution in [0.3, 0.4) is 0 Å². The molecule has 0 fully saturated rings. The molecule has 2 rings (SSSR count). The van der Waals surface area contributed by atoms with Gasteiger partial charge in [-0.1, -0.05) is 0 Å². The Morgan fingerprint density at radius 2 is 1.86 bits per heavy atom. The maximum atomic E-state index is 13.8. The second-order valence-corrected chi connectivity index (χ2v) is 4.60. The monoisotopic (exact) mass is 330 g/mol. The molecule has 0 N–H and O–H groups in total. The van der Waals surface area contributed by atoms with Crippen LogP contribution in [0.25, 0.3) is 0 Å². The number of hydrogen-bond acceptors (Lipinski definition) is 2. The Morgan fingerprint density at radius 1 is 1.23 bits per heavy atom. The van der Waals surface area contributed by atoms with Crippen LogP contribution >= 0.6 is 0 Å². The van der Waals surface area contributed by atoms with E-state index < -0.39 is 53.2 Å². The molecule has 1 aliphatic carbocycles. The molecule has 1 aromatic carbocycles. The Hall–Kier alpha value is -1.80. The molecule has 0 saturated heterocycles. The zero-order chi connectivity index (χ0) is 16.7. The predicted octanol–water partition coefficient (Wildman–Crippen LogP) is 4.29. The van der Waals surface area contributed by atoms with Crippen LogP contribution in [0.1, 0.15) is 34.1 Å². The number of hydrogen-bond donors (Lipinski definition) is 0. The van der Waals surface area contributed by atoms with Crippen molar-refractivity contribution in [2.24, 2.45) is 0 Å². The minimum Gasteiger partial charge on any atom is -0.493 e. The van der Waals surface area contributed by atoms with Gasteiger partial charge < -0.3 is 4.74 Å². The fraction of sp³-hybridized carbons (Fsp3) is 0.462. The SMILES string of the molecule is O=C1c2c(C(F)(F)F)ccc(OCCCF)c2C(F)C1(F)F. The Labute approximate surface area is 119 Å². The van der Waals surface area contributed by atoms with E-state index >= 15 is 0 Å². The zero-order valence-corrected chi connectivity index (χ0v) is 10.8. The third kappa shape index (κ3) is 2.52. The van der Waals surface area contributed by atoms with Crippen LogP contribution < -0.4 is 4.74 Å². The number of benzene rings is 1. The maximum absolute atomic E-state index is 13.8. The summed E-state index contributed by atoms with van der Waals surface area (Å²) in [5, 5.41) is 0. The molecule has 9 heteroatoms. The van der Waals surface area contributed by atoms with E-state index in [1.807, 2.05) is 0 Å². The molecule has 1 unspecified atom stereocenters. The average molecular weight is 330 g/mol. The van der Waals surface area contributed by atoms with Gasteiger partial charge in [-0.15, -0.1) is 0 Å². The summed E-state index contributed by atoms with van der Waals surface area (Å²) in [6.45, 7) is -1.16. The topological polar surface area (TPSA) is 26.3 Å². The molecule has 1 aromatic rings. The Bertz CT molecular complexity index is 595. The van der Waals surface area contributed by atoms with E-state index in [1.54, 1.807) is 0 Å². The number of carbonyl (C=O) groups excluding carboxylic acids is 1. The van der Waals surface area contributed by atoms with Crippen molar-refractivity contribution in [3.8, 4) is 5.75 Å². The maximum Gasteiger partial charge on any atom is 0.417 e. The third-order valence-corrected chi connectivity index (χ3v) is 3.15. The normalized spacial score (nSPS) is 20.1. The van der Waals surface area contributed by atoms with Crippen LogP contribution in [0.4, 0.5) is 30.7 Å². The summed E-state index contributed by atoms with van der Waals surface area (Å²) in [7, 11) is 0. The number of fused-ring (bicyclic) bond motifs is 1. The van der Waals surface area contributed by atoms with Gasteiger partial charge in [0.15, 0.2) is 0 Å². The molecule has 22 heavy (non-hydrogen) atoms. The number of ether oxygens (including phenoxy) is 1. The second kappa shape index (κ2) is 5.44. The molecule has 0 radical (unpaired) electrons. The van der Waals surface area contributed by atoms with Gasteiger partial charge in [0.25, 0.3) is 0 Å².